The van der Waals surface area contributed by atoms with E-state index in [4.69, 9.17) is 10.5 Å². The first-order chi connectivity index (χ1) is 8.57. The summed E-state index contributed by atoms with van der Waals surface area (Å²) in [5, 5.41) is 6.51. The fourth-order valence-corrected chi connectivity index (χ4v) is 1.57. The van der Waals surface area contributed by atoms with Crippen molar-refractivity contribution in [1.29, 1.82) is 0 Å². The van der Waals surface area contributed by atoms with E-state index >= 15 is 0 Å². The molecule has 1 aromatic rings. The lowest BCUT2D eigenvalue weighted by Crippen LogP contribution is -2.33. The Hall–Kier alpha value is -1.40. The van der Waals surface area contributed by atoms with Crippen LogP contribution in [0.15, 0.2) is 12.4 Å². The van der Waals surface area contributed by atoms with Crippen LogP contribution in [-0.4, -0.2) is 42.3 Å². The fourth-order valence-electron chi connectivity index (χ4n) is 1.57. The van der Waals surface area contributed by atoms with E-state index in [9.17, 15) is 0 Å². The molecule has 0 bridgehead atoms. The molecule has 102 valence electrons. The van der Waals surface area contributed by atoms with Crippen molar-refractivity contribution in [2.75, 3.05) is 37.4 Å². The number of hydrogen-bond acceptors (Lipinski definition) is 6. The summed E-state index contributed by atoms with van der Waals surface area (Å²) in [5.41, 5.74) is 5.50. The zero-order valence-corrected chi connectivity index (χ0v) is 11.4. The van der Waals surface area contributed by atoms with Crippen LogP contribution in [-0.2, 0) is 4.74 Å². The number of nitrogens with two attached hydrogens (primary N) is 1. The average molecular weight is 253 g/mol. The van der Waals surface area contributed by atoms with E-state index < -0.39 is 0 Å². The lowest BCUT2D eigenvalue weighted by molar-refractivity contribution is 0.210. The van der Waals surface area contributed by atoms with Crippen LogP contribution < -0.4 is 16.4 Å². The summed E-state index contributed by atoms with van der Waals surface area (Å²) < 4.78 is 4.97. The highest BCUT2D eigenvalue weighted by molar-refractivity contribution is 5.47. The molecule has 4 N–H and O–H groups in total. The predicted octanol–water partition coefficient (Wildman–Crippen LogP) is 1.07. The highest BCUT2D eigenvalue weighted by atomic mass is 16.5. The zero-order chi connectivity index (χ0) is 13.4. The first kappa shape index (κ1) is 14.7. The molecule has 0 fully saturated rings. The Kier molecular flexibility index (Phi) is 5.80. The van der Waals surface area contributed by atoms with Crippen LogP contribution >= 0.6 is 0 Å². The lowest BCUT2D eigenvalue weighted by atomic mass is 10.0. The summed E-state index contributed by atoms with van der Waals surface area (Å²) in [7, 11) is 1.67. The van der Waals surface area contributed by atoms with Gasteiger partial charge in [0.1, 0.15) is 18.0 Å². The maximum atomic E-state index is 5.58. The van der Waals surface area contributed by atoms with Crippen molar-refractivity contribution in [3.8, 4) is 0 Å². The number of hydrogen-bond donors (Lipinski definition) is 3. The minimum atomic E-state index is -0.0765. The number of rotatable bonds is 8. The molecule has 1 aromatic heterocycles. The largest absolute Gasteiger partial charge is 0.383 e. The van der Waals surface area contributed by atoms with Crippen LogP contribution in [0.25, 0.3) is 0 Å². The topological polar surface area (TPSA) is 85.1 Å². The van der Waals surface area contributed by atoms with E-state index in [0.717, 1.165) is 24.6 Å². The second-order valence-electron chi connectivity index (χ2n) is 4.76. The van der Waals surface area contributed by atoms with Crippen LogP contribution in [0.4, 0.5) is 11.6 Å². The van der Waals surface area contributed by atoms with Gasteiger partial charge in [-0.1, -0.05) is 0 Å². The lowest BCUT2D eigenvalue weighted by Gasteiger charge is -2.26. The molecule has 0 aromatic carbocycles. The van der Waals surface area contributed by atoms with Crippen molar-refractivity contribution in [3.05, 3.63) is 12.4 Å². The van der Waals surface area contributed by atoms with E-state index in [-0.39, 0.29) is 5.54 Å². The summed E-state index contributed by atoms with van der Waals surface area (Å²) in [4.78, 5) is 8.35. The Morgan fingerprint density at radius 3 is 2.72 bits per heavy atom. The van der Waals surface area contributed by atoms with Gasteiger partial charge in [-0.25, -0.2) is 9.97 Å². The highest BCUT2D eigenvalue weighted by Gasteiger charge is 2.16. The van der Waals surface area contributed by atoms with Crippen LogP contribution in [0, 0.1) is 0 Å². The number of nitrogens with one attached hydrogen (secondary N) is 2. The molecule has 0 aliphatic rings. The van der Waals surface area contributed by atoms with E-state index in [0.29, 0.717) is 13.2 Å². The molecule has 1 heterocycles. The van der Waals surface area contributed by atoms with Crippen molar-refractivity contribution in [1.82, 2.24) is 9.97 Å². The SMILES string of the molecule is COCCNc1cc(NC(C)(C)CCN)ncn1. The molecule has 1 rings (SSSR count). The molecule has 6 nitrogen and oxygen atoms in total. The van der Waals surface area contributed by atoms with Crippen LogP contribution in [0.5, 0.6) is 0 Å². The number of aromatic nitrogens is 2. The van der Waals surface area contributed by atoms with Gasteiger partial charge in [-0.15, -0.1) is 0 Å². The third-order valence-electron chi connectivity index (χ3n) is 2.52. The van der Waals surface area contributed by atoms with Gasteiger partial charge in [-0.3, -0.25) is 0 Å². The molecule has 0 aliphatic carbocycles. The quantitative estimate of drug-likeness (QED) is 0.601. The van der Waals surface area contributed by atoms with Gasteiger partial charge in [0.05, 0.1) is 6.61 Å². The molecule has 0 amide bonds. The van der Waals surface area contributed by atoms with Gasteiger partial charge in [0.15, 0.2) is 0 Å². The number of methoxy groups -OCH3 is 1. The second kappa shape index (κ2) is 7.13. The Labute approximate surface area is 108 Å². The fraction of sp³-hybridized carbons (Fsp3) is 0.667. The predicted molar refractivity (Wildman–Crippen MR) is 73.8 cm³/mol. The third kappa shape index (κ3) is 5.29. The van der Waals surface area contributed by atoms with Crippen LogP contribution in [0.1, 0.15) is 20.3 Å². The first-order valence-electron chi connectivity index (χ1n) is 6.10. The van der Waals surface area contributed by atoms with Crippen LogP contribution in [0.2, 0.25) is 0 Å². The van der Waals surface area contributed by atoms with Gasteiger partial charge in [0.2, 0.25) is 0 Å². The van der Waals surface area contributed by atoms with Crippen molar-refractivity contribution in [2.45, 2.75) is 25.8 Å². The van der Waals surface area contributed by atoms with Gasteiger partial charge < -0.3 is 21.1 Å². The highest BCUT2D eigenvalue weighted by Crippen LogP contribution is 2.17. The molecular weight excluding hydrogens is 230 g/mol. The maximum Gasteiger partial charge on any atom is 0.131 e. The van der Waals surface area contributed by atoms with Gasteiger partial charge in [-0.05, 0) is 26.8 Å². The van der Waals surface area contributed by atoms with Crippen LogP contribution in [0.3, 0.4) is 0 Å². The first-order valence-corrected chi connectivity index (χ1v) is 6.10. The third-order valence-corrected chi connectivity index (χ3v) is 2.52. The minimum Gasteiger partial charge on any atom is -0.383 e. The molecule has 18 heavy (non-hydrogen) atoms. The van der Waals surface area contributed by atoms with Crippen molar-refractivity contribution in [2.24, 2.45) is 5.73 Å². The summed E-state index contributed by atoms with van der Waals surface area (Å²) in [6.45, 7) is 6.20. The van der Waals surface area contributed by atoms with E-state index in [1.54, 1.807) is 7.11 Å². The maximum absolute atomic E-state index is 5.58. The summed E-state index contributed by atoms with van der Waals surface area (Å²) in [6, 6.07) is 1.88. The monoisotopic (exact) mass is 253 g/mol. The summed E-state index contributed by atoms with van der Waals surface area (Å²) in [6.07, 6.45) is 2.42. The van der Waals surface area contributed by atoms with E-state index in [2.05, 4.69) is 34.4 Å². The van der Waals surface area contributed by atoms with Gasteiger partial charge in [0, 0.05) is 25.3 Å². The standard InChI is InChI=1S/C12H23N5O/c1-12(2,4-5-13)17-11-8-10(15-9-16-11)14-6-7-18-3/h8-9H,4-7,13H2,1-3H3,(H2,14,15,16,17). The molecular formula is C12H23N5O. The van der Waals surface area contributed by atoms with Crippen molar-refractivity contribution >= 4 is 11.6 Å². The molecule has 0 unspecified atom stereocenters. The number of nitrogens with zero attached hydrogens (tertiary/aromatic N) is 2. The summed E-state index contributed by atoms with van der Waals surface area (Å²) >= 11 is 0. The smallest absolute Gasteiger partial charge is 0.131 e. The summed E-state index contributed by atoms with van der Waals surface area (Å²) in [5.74, 6) is 1.58. The van der Waals surface area contributed by atoms with Crippen molar-refractivity contribution in [3.63, 3.8) is 0 Å². The Morgan fingerprint density at radius 1 is 1.33 bits per heavy atom. The number of ether oxygens (including phenoxy) is 1. The molecule has 6 heteroatoms. The molecule has 0 aliphatic heterocycles. The van der Waals surface area contributed by atoms with Gasteiger partial charge in [-0.2, -0.15) is 0 Å². The second-order valence-corrected chi connectivity index (χ2v) is 4.76. The minimum absolute atomic E-state index is 0.0765. The van der Waals surface area contributed by atoms with Gasteiger partial charge >= 0.3 is 0 Å². The van der Waals surface area contributed by atoms with E-state index in [1.165, 1.54) is 6.33 Å². The molecule has 0 spiro atoms. The zero-order valence-electron chi connectivity index (χ0n) is 11.4. The normalized spacial score (nSPS) is 11.3. The average Bonchev–Trinajstić information content (AvgIpc) is 2.29. The molecule has 0 atom stereocenters. The Morgan fingerprint density at radius 2 is 2.06 bits per heavy atom. The van der Waals surface area contributed by atoms with E-state index in [1.807, 2.05) is 6.07 Å². The molecule has 0 saturated heterocycles. The Bertz CT molecular complexity index is 356. The number of anilines is 2. The molecule has 0 saturated carbocycles. The van der Waals surface area contributed by atoms with Gasteiger partial charge in [0.25, 0.3) is 0 Å². The molecule has 0 radical (unpaired) electrons. The Balaban J connectivity index is 2.58. The van der Waals surface area contributed by atoms with Crippen molar-refractivity contribution < 1.29 is 4.74 Å².